The average Bonchev–Trinajstić information content (AvgIpc) is 3.51. The quantitative estimate of drug-likeness (QED) is 0.0658. The highest BCUT2D eigenvalue weighted by molar-refractivity contribution is 6.35. The highest BCUT2D eigenvalue weighted by atomic mass is 28.2. The molecule has 0 heterocycles. The summed E-state index contributed by atoms with van der Waals surface area (Å²) in [5.41, 5.74) is 15.3. The van der Waals surface area contributed by atoms with Crippen LogP contribution in [0.1, 0.15) is 137 Å². The average molecular weight is 787 g/mol. The molecule has 0 aromatic heterocycles. The van der Waals surface area contributed by atoms with Gasteiger partial charge in [0.05, 0.1) is 0 Å². The lowest BCUT2D eigenvalue weighted by molar-refractivity contribution is 0.445. The van der Waals surface area contributed by atoms with Gasteiger partial charge in [-0.2, -0.15) is 0 Å². The maximum atomic E-state index is 2.68. The van der Waals surface area contributed by atoms with Gasteiger partial charge in [-0.15, -0.1) is 0 Å². The Labute approximate surface area is 357 Å². The van der Waals surface area contributed by atoms with Crippen LogP contribution in [0.4, 0.5) is 0 Å². The van der Waals surface area contributed by atoms with Crippen LogP contribution < -0.4 is 0 Å². The number of fused-ring (bicyclic) bond motifs is 4. The second-order valence-corrected chi connectivity index (χ2v) is 20.1. The fourth-order valence-corrected chi connectivity index (χ4v) is 13.4. The minimum Gasteiger partial charge on any atom is -0.0621 e. The van der Waals surface area contributed by atoms with Crippen LogP contribution in [0.15, 0.2) is 132 Å². The summed E-state index contributed by atoms with van der Waals surface area (Å²) in [7, 11) is 0.999. The number of hydrogen-bond donors (Lipinski definition) is 0. The molecule has 1 heteroatoms. The molecule has 4 aliphatic rings. The molecule has 6 aromatic carbocycles. The second-order valence-electron chi connectivity index (χ2n) is 18.7. The Morgan fingerprint density at radius 3 is 1.41 bits per heavy atom. The standard InChI is InChI=1S/C58H62Si/c1-2-6-19-41(18-5-1)36-45-38-56-52(30-15-31-53(56)50-28-13-24-43-22-9-11-26-47(43)50)49(45)34-17-35-59-40-58-46(37-42-20-7-3-4-8-21-42)39-57-54(32-16-33-55(57)58)51-29-14-25-44-23-10-12-27-48(44)51/h9-16,22-33,38-39,41-42,49,58H,1-8,17-21,34-37,40H2. The second kappa shape index (κ2) is 18.0. The van der Waals surface area contributed by atoms with Crippen LogP contribution in [-0.4, -0.2) is 9.52 Å². The number of hydrogen-bond acceptors (Lipinski definition) is 0. The highest BCUT2D eigenvalue weighted by Gasteiger charge is 2.31. The van der Waals surface area contributed by atoms with Crippen LogP contribution >= 0.6 is 0 Å². The van der Waals surface area contributed by atoms with Crippen molar-refractivity contribution in [2.75, 3.05) is 0 Å². The molecule has 0 saturated heterocycles. The Bertz CT molecular complexity index is 2280. The van der Waals surface area contributed by atoms with E-state index in [0.29, 0.717) is 11.8 Å². The summed E-state index contributed by atoms with van der Waals surface area (Å²) in [6.07, 6.45) is 27.6. The van der Waals surface area contributed by atoms with Gasteiger partial charge in [-0.25, -0.2) is 0 Å². The van der Waals surface area contributed by atoms with Crippen LogP contribution in [-0.2, 0) is 0 Å². The third-order valence-corrected chi connectivity index (χ3v) is 16.3. The van der Waals surface area contributed by atoms with Gasteiger partial charge in [0.2, 0.25) is 0 Å². The lowest BCUT2D eigenvalue weighted by atomic mass is 9.84. The predicted molar refractivity (Wildman–Crippen MR) is 256 cm³/mol. The Morgan fingerprint density at radius 1 is 0.424 bits per heavy atom. The molecule has 2 atom stereocenters. The minimum atomic E-state index is 0.564. The Kier molecular flexibility index (Phi) is 11.8. The number of allylic oxidation sites excluding steroid dienone is 2. The van der Waals surface area contributed by atoms with E-state index in [2.05, 4.69) is 133 Å². The highest BCUT2D eigenvalue weighted by Crippen LogP contribution is 2.50. The zero-order valence-electron chi connectivity index (χ0n) is 35.2. The van der Waals surface area contributed by atoms with E-state index < -0.39 is 0 Å². The molecule has 0 bridgehead atoms. The van der Waals surface area contributed by atoms with Crippen molar-refractivity contribution in [1.82, 2.24) is 0 Å². The van der Waals surface area contributed by atoms with Crippen molar-refractivity contribution in [3.63, 3.8) is 0 Å². The summed E-state index contributed by atoms with van der Waals surface area (Å²) in [6, 6.07) is 48.8. The summed E-state index contributed by atoms with van der Waals surface area (Å²) in [4.78, 5) is 0. The SMILES string of the molecule is C1=C(CC2CCCCCC2)C(CCC[Si]CC2C(CC3CCCCCC3)=Cc3c(-c4cccc5ccccc45)cccc32)c2cccc(-c3cccc4ccccc34)c21. The molecule has 2 fully saturated rings. The van der Waals surface area contributed by atoms with Gasteiger partial charge in [-0.3, -0.25) is 0 Å². The molecule has 0 spiro atoms. The van der Waals surface area contributed by atoms with Gasteiger partial charge in [0.1, 0.15) is 0 Å². The summed E-state index contributed by atoms with van der Waals surface area (Å²) < 4.78 is 0. The van der Waals surface area contributed by atoms with Gasteiger partial charge in [0.25, 0.3) is 0 Å². The van der Waals surface area contributed by atoms with E-state index >= 15 is 0 Å². The van der Waals surface area contributed by atoms with Gasteiger partial charge in [-0.1, -0.05) is 240 Å². The van der Waals surface area contributed by atoms with Crippen molar-refractivity contribution in [3.8, 4) is 22.3 Å². The van der Waals surface area contributed by atoms with E-state index in [1.165, 1.54) is 170 Å². The predicted octanol–water partition coefficient (Wildman–Crippen LogP) is 17.0. The molecule has 10 rings (SSSR count). The molecule has 0 aliphatic heterocycles. The van der Waals surface area contributed by atoms with Crippen molar-refractivity contribution in [3.05, 3.63) is 155 Å². The molecule has 0 amide bonds. The first kappa shape index (κ1) is 38.7. The van der Waals surface area contributed by atoms with Crippen LogP contribution in [0.5, 0.6) is 0 Å². The maximum absolute atomic E-state index is 2.68. The van der Waals surface area contributed by atoms with E-state index in [1.54, 1.807) is 22.3 Å². The first-order valence-corrected chi connectivity index (χ1v) is 25.0. The van der Waals surface area contributed by atoms with Crippen molar-refractivity contribution in [2.45, 2.75) is 127 Å². The molecule has 298 valence electrons. The topological polar surface area (TPSA) is 0 Å². The number of benzene rings is 6. The summed E-state index contributed by atoms with van der Waals surface area (Å²) in [5, 5.41) is 5.42. The van der Waals surface area contributed by atoms with Gasteiger partial charge in [0, 0.05) is 21.4 Å². The fourth-order valence-electron chi connectivity index (χ4n) is 11.9. The largest absolute Gasteiger partial charge is 0.0621 e. The molecule has 2 unspecified atom stereocenters. The van der Waals surface area contributed by atoms with E-state index in [9.17, 15) is 0 Å². The lowest BCUT2D eigenvalue weighted by Gasteiger charge is -2.23. The molecule has 0 N–H and O–H groups in total. The van der Waals surface area contributed by atoms with Crippen molar-refractivity contribution in [1.29, 1.82) is 0 Å². The Balaban J connectivity index is 0.892. The van der Waals surface area contributed by atoms with Crippen molar-refractivity contribution in [2.24, 2.45) is 11.8 Å². The smallest absolute Gasteiger partial charge is 0.0387 e. The van der Waals surface area contributed by atoms with E-state index in [1.807, 2.05) is 0 Å². The zero-order valence-corrected chi connectivity index (χ0v) is 36.2. The molecule has 2 saturated carbocycles. The fraction of sp³-hybridized carbons (Fsp3) is 0.379. The van der Waals surface area contributed by atoms with Crippen LogP contribution in [0.25, 0.3) is 56.0 Å². The van der Waals surface area contributed by atoms with E-state index in [0.717, 1.165) is 21.4 Å². The van der Waals surface area contributed by atoms with E-state index in [-0.39, 0.29) is 0 Å². The van der Waals surface area contributed by atoms with Crippen LogP contribution in [0.3, 0.4) is 0 Å². The molecule has 6 aromatic rings. The molecular formula is C58H62Si. The van der Waals surface area contributed by atoms with Crippen molar-refractivity contribution < 1.29 is 0 Å². The van der Waals surface area contributed by atoms with Crippen molar-refractivity contribution >= 4 is 43.2 Å². The van der Waals surface area contributed by atoms with Gasteiger partial charge < -0.3 is 0 Å². The molecular weight excluding hydrogens is 725 g/mol. The summed E-state index contributed by atoms with van der Waals surface area (Å²) in [5.74, 6) is 2.84. The lowest BCUT2D eigenvalue weighted by Crippen LogP contribution is -2.09. The van der Waals surface area contributed by atoms with Crippen LogP contribution in [0, 0.1) is 11.8 Å². The third kappa shape index (κ3) is 8.22. The first-order chi connectivity index (χ1) is 29.3. The molecule has 0 nitrogen and oxygen atoms in total. The number of rotatable bonds is 12. The van der Waals surface area contributed by atoms with Gasteiger partial charge >= 0.3 is 0 Å². The molecule has 59 heavy (non-hydrogen) atoms. The van der Waals surface area contributed by atoms with Crippen LogP contribution in [0.2, 0.25) is 12.1 Å². The van der Waals surface area contributed by atoms with E-state index in [4.69, 9.17) is 0 Å². The zero-order chi connectivity index (χ0) is 39.4. The Morgan fingerprint density at radius 2 is 0.864 bits per heavy atom. The molecule has 2 radical (unpaired) electrons. The Hall–Kier alpha value is -4.46. The minimum absolute atomic E-state index is 0.564. The monoisotopic (exact) mass is 786 g/mol. The first-order valence-electron chi connectivity index (χ1n) is 23.6. The van der Waals surface area contributed by atoms with Gasteiger partial charge in [0.15, 0.2) is 0 Å². The maximum Gasteiger partial charge on any atom is 0.0387 e. The normalized spacial score (nSPS) is 19.9. The third-order valence-electron chi connectivity index (χ3n) is 14.9. The summed E-state index contributed by atoms with van der Waals surface area (Å²) >= 11 is 0. The molecule has 4 aliphatic carbocycles. The van der Waals surface area contributed by atoms with Gasteiger partial charge in [-0.05, 0) is 97.2 Å². The summed E-state index contributed by atoms with van der Waals surface area (Å²) in [6.45, 7) is 0.